The number of piperazine rings is 1. The van der Waals surface area contributed by atoms with Gasteiger partial charge in [-0.15, -0.1) is 0 Å². The van der Waals surface area contributed by atoms with E-state index in [2.05, 4.69) is 15.5 Å². The largest absolute Gasteiger partial charge is 0.492 e. The zero-order valence-corrected chi connectivity index (χ0v) is 20.2. The predicted octanol–water partition coefficient (Wildman–Crippen LogP) is 2.95. The molecule has 2 aromatic rings. The van der Waals surface area contributed by atoms with Crippen LogP contribution in [0.4, 0.5) is 11.4 Å². The molecule has 32 heavy (non-hydrogen) atoms. The van der Waals surface area contributed by atoms with E-state index >= 15 is 0 Å². The maximum Gasteiger partial charge on any atom is 0.257 e. The van der Waals surface area contributed by atoms with E-state index in [1.165, 1.54) is 16.6 Å². The molecule has 0 radical (unpaired) electrons. The molecule has 8 nitrogen and oxygen atoms in total. The first-order valence-corrected chi connectivity index (χ1v) is 12.7. The van der Waals surface area contributed by atoms with Gasteiger partial charge in [-0.25, -0.2) is 8.42 Å². The topological polar surface area (TPSA) is 91.0 Å². The zero-order chi connectivity index (χ0) is 23.3. The number of hydrogen-bond acceptors (Lipinski definition) is 6. The molecule has 1 aliphatic rings. The lowest BCUT2D eigenvalue weighted by Crippen LogP contribution is -2.48. The third kappa shape index (κ3) is 6.32. The normalized spacial score (nSPS) is 14.7. The van der Waals surface area contributed by atoms with E-state index in [-0.39, 0.29) is 11.0 Å². The monoisotopic (exact) mass is 496 g/mol. The van der Waals surface area contributed by atoms with Gasteiger partial charge in [-0.05, 0) is 61.6 Å². The molecule has 1 heterocycles. The fraction of sp³-hybridized carbons (Fsp3) is 0.333. The Bertz CT molecular complexity index is 1090. The van der Waals surface area contributed by atoms with E-state index in [4.69, 9.17) is 28.6 Å². The Morgan fingerprint density at radius 3 is 2.34 bits per heavy atom. The van der Waals surface area contributed by atoms with E-state index in [9.17, 15) is 13.2 Å². The van der Waals surface area contributed by atoms with Gasteiger partial charge in [-0.1, -0.05) is 11.6 Å². The molecule has 0 unspecified atom stereocenters. The minimum Gasteiger partial charge on any atom is -0.492 e. The summed E-state index contributed by atoms with van der Waals surface area (Å²) in [5.41, 5.74) is 2.08. The first-order chi connectivity index (χ1) is 15.2. The Labute approximate surface area is 198 Å². The smallest absolute Gasteiger partial charge is 0.257 e. The van der Waals surface area contributed by atoms with Gasteiger partial charge in [0.2, 0.25) is 10.0 Å². The van der Waals surface area contributed by atoms with Gasteiger partial charge in [0, 0.05) is 43.1 Å². The minimum atomic E-state index is -3.15. The average Bonchev–Trinajstić information content (AvgIpc) is 2.75. The molecule has 11 heteroatoms. The highest BCUT2D eigenvalue weighted by atomic mass is 35.5. The Balaban J connectivity index is 1.54. The molecular formula is C21H25ClN4O4S2. The summed E-state index contributed by atoms with van der Waals surface area (Å²) >= 11 is 11.4. The minimum absolute atomic E-state index is 0.162. The Hall–Kier alpha value is -2.40. The van der Waals surface area contributed by atoms with Crippen LogP contribution in [-0.2, 0) is 10.0 Å². The molecule has 0 atom stereocenters. The molecule has 0 saturated carbocycles. The van der Waals surface area contributed by atoms with Crippen LogP contribution in [0.5, 0.6) is 5.75 Å². The summed E-state index contributed by atoms with van der Waals surface area (Å²) < 4.78 is 30.1. The van der Waals surface area contributed by atoms with Crippen molar-refractivity contribution >= 4 is 56.2 Å². The summed E-state index contributed by atoms with van der Waals surface area (Å²) in [6.07, 6.45) is 1.23. The van der Waals surface area contributed by atoms with Crippen molar-refractivity contribution in [1.29, 1.82) is 0 Å². The second-order valence-electron chi connectivity index (χ2n) is 7.18. The van der Waals surface area contributed by atoms with Crippen LogP contribution < -0.4 is 20.3 Å². The molecule has 0 aromatic heterocycles. The van der Waals surface area contributed by atoms with Gasteiger partial charge in [0.25, 0.3) is 5.91 Å². The van der Waals surface area contributed by atoms with Crippen molar-refractivity contribution in [2.75, 3.05) is 49.3 Å². The predicted molar refractivity (Wildman–Crippen MR) is 131 cm³/mol. The van der Waals surface area contributed by atoms with E-state index in [0.717, 1.165) is 11.4 Å². The standard InChI is InChI=1S/C21H25ClN4O4S2/c1-3-30-19-9-4-15(14-18(19)22)20(27)24-21(31)23-16-5-7-17(8-6-16)25-10-12-26(13-11-25)32(2,28)29/h4-9,14H,3,10-13H2,1-2H3,(H2,23,24,27,31). The molecule has 1 aliphatic heterocycles. The highest BCUT2D eigenvalue weighted by molar-refractivity contribution is 7.88. The molecular weight excluding hydrogens is 472 g/mol. The highest BCUT2D eigenvalue weighted by Gasteiger charge is 2.23. The number of halogens is 1. The number of amides is 1. The maximum atomic E-state index is 12.4. The number of ether oxygens (including phenoxy) is 1. The molecule has 172 valence electrons. The van der Waals surface area contributed by atoms with Gasteiger partial charge in [0.15, 0.2) is 5.11 Å². The van der Waals surface area contributed by atoms with Gasteiger partial charge in [-0.2, -0.15) is 4.31 Å². The van der Waals surface area contributed by atoms with Gasteiger partial charge < -0.3 is 15.0 Å². The van der Waals surface area contributed by atoms with Crippen LogP contribution in [0.15, 0.2) is 42.5 Å². The fourth-order valence-electron chi connectivity index (χ4n) is 3.29. The Morgan fingerprint density at radius 1 is 1.12 bits per heavy atom. The molecule has 2 aromatic carbocycles. The maximum absolute atomic E-state index is 12.4. The molecule has 0 bridgehead atoms. The van der Waals surface area contributed by atoms with Crippen LogP contribution >= 0.6 is 23.8 Å². The first kappa shape index (κ1) is 24.2. The lowest BCUT2D eigenvalue weighted by atomic mass is 10.2. The summed E-state index contributed by atoms with van der Waals surface area (Å²) in [5.74, 6) is 0.136. The number of thiocarbonyl (C=S) groups is 1. The van der Waals surface area contributed by atoms with Crippen molar-refractivity contribution in [2.45, 2.75) is 6.92 Å². The van der Waals surface area contributed by atoms with E-state index in [1.807, 2.05) is 31.2 Å². The number of nitrogens with one attached hydrogen (secondary N) is 2. The van der Waals surface area contributed by atoms with Gasteiger partial charge in [-0.3, -0.25) is 10.1 Å². The number of carbonyl (C=O) groups excluding carboxylic acids is 1. The second kappa shape index (κ2) is 10.5. The lowest BCUT2D eigenvalue weighted by molar-refractivity contribution is 0.0977. The van der Waals surface area contributed by atoms with Crippen LogP contribution in [0.2, 0.25) is 5.02 Å². The molecule has 0 spiro atoms. The SMILES string of the molecule is CCOc1ccc(C(=O)NC(=S)Nc2ccc(N3CCN(S(C)(=O)=O)CC3)cc2)cc1Cl. The first-order valence-electron chi connectivity index (χ1n) is 10.0. The summed E-state index contributed by atoms with van der Waals surface area (Å²) in [4.78, 5) is 14.6. The molecule has 1 saturated heterocycles. The summed E-state index contributed by atoms with van der Waals surface area (Å²) in [6.45, 7) is 4.51. The van der Waals surface area contributed by atoms with E-state index in [1.54, 1.807) is 12.1 Å². The van der Waals surface area contributed by atoms with Crippen molar-refractivity contribution in [3.05, 3.63) is 53.1 Å². The van der Waals surface area contributed by atoms with Crippen LogP contribution in [0.1, 0.15) is 17.3 Å². The second-order valence-corrected chi connectivity index (χ2v) is 9.98. The number of anilines is 2. The number of carbonyl (C=O) groups is 1. The number of hydrogen-bond donors (Lipinski definition) is 2. The summed E-state index contributed by atoms with van der Waals surface area (Å²) in [5, 5.41) is 6.13. The zero-order valence-electron chi connectivity index (χ0n) is 17.8. The third-order valence-electron chi connectivity index (χ3n) is 4.92. The van der Waals surface area contributed by atoms with E-state index in [0.29, 0.717) is 49.1 Å². The average molecular weight is 497 g/mol. The number of rotatable bonds is 6. The van der Waals surface area contributed by atoms with Crippen LogP contribution in [-0.4, -0.2) is 62.8 Å². The van der Waals surface area contributed by atoms with Crippen molar-refractivity contribution < 1.29 is 17.9 Å². The van der Waals surface area contributed by atoms with E-state index < -0.39 is 10.0 Å². The molecule has 3 rings (SSSR count). The highest BCUT2D eigenvalue weighted by Crippen LogP contribution is 2.25. The molecule has 1 fully saturated rings. The Kier molecular flexibility index (Phi) is 7.94. The van der Waals surface area contributed by atoms with Crippen molar-refractivity contribution in [1.82, 2.24) is 9.62 Å². The number of nitrogens with zero attached hydrogens (tertiary/aromatic N) is 2. The summed E-state index contributed by atoms with van der Waals surface area (Å²) in [6, 6.07) is 12.3. The van der Waals surface area contributed by atoms with Crippen LogP contribution in [0.3, 0.4) is 0 Å². The quantitative estimate of drug-likeness (QED) is 0.594. The summed E-state index contributed by atoms with van der Waals surface area (Å²) in [7, 11) is -3.15. The van der Waals surface area contributed by atoms with Crippen molar-refractivity contribution in [3.63, 3.8) is 0 Å². The molecule has 1 amide bonds. The van der Waals surface area contributed by atoms with Gasteiger partial charge >= 0.3 is 0 Å². The molecule has 2 N–H and O–H groups in total. The van der Waals surface area contributed by atoms with Crippen molar-refractivity contribution in [2.24, 2.45) is 0 Å². The van der Waals surface area contributed by atoms with Crippen LogP contribution in [0, 0.1) is 0 Å². The van der Waals surface area contributed by atoms with Crippen molar-refractivity contribution in [3.8, 4) is 5.75 Å². The van der Waals surface area contributed by atoms with Gasteiger partial charge in [0.05, 0.1) is 17.9 Å². The third-order valence-corrected chi connectivity index (χ3v) is 6.72. The Morgan fingerprint density at radius 2 is 1.78 bits per heavy atom. The number of benzene rings is 2. The van der Waals surface area contributed by atoms with Gasteiger partial charge in [0.1, 0.15) is 5.75 Å². The lowest BCUT2D eigenvalue weighted by Gasteiger charge is -2.34. The fourth-order valence-corrected chi connectivity index (χ4v) is 4.56. The number of sulfonamides is 1. The molecule has 0 aliphatic carbocycles. The van der Waals surface area contributed by atoms with Crippen LogP contribution in [0.25, 0.3) is 0 Å².